The van der Waals surface area contributed by atoms with Crippen molar-refractivity contribution in [3.63, 3.8) is 0 Å². The number of rotatable bonds is 8. The van der Waals surface area contributed by atoms with Crippen molar-refractivity contribution < 1.29 is 9.47 Å². The van der Waals surface area contributed by atoms with Crippen LogP contribution in [0.25, 0.3) is 0 Å². The van der Waals surface area contributed by atoms with Crippen molar-refractivity contribution in [2.75, 3.05) is 26.4 Å². The van der Waals surface area contributed by atoms with Gasteiger partial charge in [0.05, 0.1) is 6.10 Å². The molecule has 0 spiro atoms. The molecule has 0 saturated carbocycles. The first-order valence-electron chi connectivity index (χ1n) is 6.29. The molecule has 2 unspecified atom stereocenters. The third kappa shape index (κ3) is 5.50. The normalized spacial score (nSPS) is 23.2. The molecule has 15 heavy (non-hydrogen) atoms. The second-order valence-electron chi connectivity index (χ2n) is 4.11. The molecule has 0 bridgehead atoms. The fourth-order valence-corrected chi connectivity index (χ4v) is 2.11. The minimum atomic E-state index is 0.482. The molecule has 1 saturated heterocycles. The summed E-state index contributed by atoms with van der Waals surface area (Å²) in [6.07, 6.45) is 5.18. The van der Waals surface area contributed by atoms with Gasteiger partial charge in [-0.15, -0.1) is 0 Å². The number of nitrogens with one attached hydrogen (secondary N) is 1. The molecule has 1 fully saturated rings. The van der Waals surface area contributed by atoms with Crippen molar-refractivity contribution in [1.82, 2.24) is 5.32 Å². The molecule has 3 nitrogen and oxygen atoms in total. The van der Waals surface area contributed by atoms with Crippen LogP contribution in [0.5, 0.6) is 0 Å². The molecule has 3 heteroatoms. The summed E-state index contributed by atoms with van der Waals surface area (Å²) >= 11 is 0. The lowest BCUT2D eigenvalue weighted by atomic mass is 10.0. The van der Waals surface area contributed by atoms with E-state index in [9.17, 15) is 0 Å². The van der Waals surface area contributed by atoms with Gasteiger partial charge >= 0.3 is 0 Å². The van der Waals surface area contributed by atoms with Crippen LogP contribution in [-0.2, 0) is 9.47 Å². The highest BCUT2D eigenvalue weighted by atomic mass is 16.5. The van der Waals surface area contributed by atoms with E-state index in [1.807, 2.05) is 6.92 Å². The van der Waals surface area contributed by atoms with Crippen molar-refractivity contribution in [1.29, 1.82) is 0 Å². The molecule has 2 atom stereocenters. The van der Waals surface area contributed by atoms with Crippen LogP contribution in [0.4, 0.5) is 0 Å². The molecule has 0 aromatic carbocycles. The molecule has 1 aliphatic rings. The molecular weight excluding hydrogens is 190 g/mol. The van der Waals surface area contributed by atoms with Gasteiger partial charge in [-0.05, 0) is 39.2 Å². The average Bonchev–Trinajstić information content (AvgIpc) is 2.71. The second-order valence-corrected chi connectivity index (χ2v) is 4.11. The molecular formula is C12H25NO2. The van der Waals surface area contributed by atoms with E-state index in [0.29, 0.717) is 12.1 Å². The van der Waals surface area contributed by atoms with Gasteiger partial charge in [0.25, 0.3) is 0 Å². The summed E-state index contributed by atoms with van der Waals surface area (Å²) in [6, 6.07) is 0.560. The number of hydrogen-bond acceptors (Lipinski definition) is 3. The lowest BCUT2D eigenvalue weighted by molar-refractivity contribution is 0.0845. The Bertz CT molecular complexity index is 147. The zero-order valence-electron chi connectivity index (χ0n) is 10.1. The standard InChI is InChI=1S/C12H25NO2/c1-3-13-11(7-9-14-4-2)10-12-6-5-8-15-12/h11-13H,3-10H2,1-2H3. The van der Waals surface area contributed by atoms with Crippen molar-refractivity contribution in [2.24, 2.45) is 0 Å². The highest BCUT2D eigenvalue weighted by Gasteiger charge is 2.19. The predicted octanol–water partition coefficient (Wildman–Crippen LogP) is 1.96. The Balaban J connectivity index is 2.16. The summed E-state index contributed by atoms with van der Waals surface area (Å²) in [4.78, 5) is 0. The van der Waals surface area contributed by atoms with E-state index in [1.54, 1.807) is 0 Å². The minimum Gasteiger partial charge on any atom is -0.382 e. The SMILES string of the molecule is CCNC(CCOCC)CC1CCCO1. The maximum Gasteiger partial charge on any atom is 0.0590 e. The minimum absolute atomic E-state index is 0.482. The zero-order chi connectivity index (χ0) is 10.9. The molecule has 0 aromatic rings. The van der Waals surface area contributed by atoms with Gasteiger partial charge in [-0.2, -0.15) is 0 Å². The Morgan fingerprint density at radius 2 is 2.33 bits per heavy atom. The summed E-state index contributed by atoms with van der Waals surface area (Å²) in [7, 11) is 0. The van der Waals surface area contributed by atoms with Gasteiger partial charge in [0.1, 0.15) is 0 Å². The van der Waals surface area contributed by atoms with Crippen LogP contribution >= 0.6 is 0 Å². The van der Waals surface area contributed by atoms with Crippen LogP contribution in [0.1, 0.15) is 39.5 Å². The van der Waals surface area contributed by atoms with E-state index < -0.39 is 0 Å². The smallest absolute Gasteiger partial charge is 0.0590 e. The van der Waals surface area contributed by atoms with E-state index in [2.05, 4.69) is 12.2 Å². The number of ether oxygens (including phenoxy) is 2. The van der Waals surface area contributed by atoms with Gasteiger partial charge in [0, 0.05) is 25.9 Å². The Morgan fingerprint density at radius 1 is 1.47 bits per heavy atom. The predicted molar refractivity (Wildman–Crippen MR) is 62.2 cm³/mol. The van der Waals surface area contributed by atoms with Gasteiger partial charge in [-0.3, -0.25) is 0 Å². The zero-order valence-corrected chi connectivity index (χ0v) is 10.1. The molecule has 1 heterocycles. The van der Waals surface area contributed by atoms with E-state index in [4.69, 9.17) is 9.47 Å². The summed E-state index contributed by atoms with van der Waals surface area (Å²) in [5.41, 5.74) is 0. The fraction of sp³-hybridized carbons (Fsp3) is 1.00. The highest BCUT2D eigenvalue weighted by molar-refractivity contribution is 4.74. The van der Waals surface area contributed by atoms with Gasteiger partial charge in [-0.1, -0.05) is 6.92 Å². The maximum absolute atomic E-state index is 5.66. The van der Waals surface area contributed by atoms with Gasteiger partial charge in [0.2, 0.25) is 0 Å². The summed E-state index contributed by atoms with van der Waals surface area (Å²) in [5, 5.41) is 3.51. The second kappa shape index (κ2) is 8.08. The Morgan fingerprint density at radius 3 is 2.93 bits per heavy atom. The average molecular weight is 215 g/mol. The van der Waals surface area contributed by atoms with E-state index in [1.165, 1.54) is 12.8 Å². The van der Waals surface area contributed by atoms with Crippen LogP contribution in [0.3, 0.4) is 0 Å². The van der Waals surface area contributed by atoms with Crippen molar-refractivity contribution >= 4 is 0 Å². The first-order valence-corrected chi connectivity index (χ1v) is 6.29. The lowest BCUT2D eigenvalue weighted by Gasteiger charge is -2.20. The molecule has 1 N–H and O–H groups in total. The molecule has 1 rings (SSSR count). The molecule has 90 valence electrons. The summed E-state index contributed by atoms with van der Waals surface area (Å²) in [5.74, 6) is 0. The van der Waals surface area contributed by atoms with Crippen LogP contribution in [0, 0.1) is 0 Å². The molecule has 0 aliphatic carbocycles. The first kappa shape index (κ1) is 12.9. The highest BCUT2D eigenvalue weighted by Crippen LogP contribution is 2.18. The van der Waals surface area contributed by atoms with Gasteiger partial charge in [0.15, 0.2) is 0 Å². The molecule has 0 radical (unpaired) electrons. The largest absolute Gasteiger partial charge is 0.382 e. The molecule has 0 aromatic heterocycles. The Labute approximate surface area is 93.5 Å². The van der Waals surface area contributed by atoms with Crippen LogP contribution in [0.15, 0.2) is 0 Å². The van der Waals surface area contributed by atoms with Crippen LogP contribution in [-0.4, -0.2) is 38.5 Å². The maximum atomic E-state index is 5.66. The number of hydrogen-bond donors (Lipinski definition) is 1. The van der Waals surface area contributed by atoms with Gasteiger partial charge < -0.3 is 14.8 Å². The van der Waals surface area contributed by atoms with Gasteiger partial charge in [-0.25, -0.2) is 0 Å². The third-order valence-corrected chi connectivity index (χ3v) is 2.88. The van der Waals surface area contributed by atoms with E-state index in [-0.39, 0.29) is 0 Å². The van der Waals surface area contributed by atoms with Crippen LogP contribution in [0.2, 0.25) is 0 Å². The van der Waals surface area contributed by atoms with E-state index >= 15 is 0 Å². The third-order valence-electron chi connectivity index (χ3n) is 2.88. The van der Waals surface area contributed by atoms with E-state index in [0.717, 1.165) is 39.2 Å². The quantitative estimate of drug-likeness (QED) is 0.628. The van der Waals surface area contributed by atoms with Crippen molar-refractivity contribution in [3.05, 3.63) is 0 Å². The molecule has 0 amide bonds. The summed E-state index contributed by atoms with van der Waals surface area (Å²) < 4.78 is 11.0. The lowest BCUT2D eigenvalue weighted by Crippen LogP contribution is -2.33. The first-order chi connectivity index (χ1) is 7.36. The van der Waals surface area contributed by atoms with Crippen LogP contribution < -0.4 is 5.32 Å². The topological polar surface area (TPSA) is 30.5 Å². The Kier molecular flexibility index (Phi) is 6.98. The fourth-order valence-electron chi connectivity index (χ4n) is 2.11. The van der Waals surface area contributed by atoms with Crippen molar-refractivity contribution in [2.45, 2.75) is 51.7 Å². The molecule has 1 aliphatic heterocycles. The Hall–Kier alpha value is -0.120. The summed E-state index contributed by atoms with van der Waals surface area (Å²) in [6.45, 7) is 7.86. The monoisotopic (exact) mass is 215 g/mol. The van der Waals surface area contributed by atoms with Crippen molar-refractivity contribution in [3.8, 4) is 0 Å².